The van der Waals surface area contributed by atoms with Gasteiger partial charge < -0.3 is 14.6 Å². The molecule has 4 aromatic rings. The fourth-order valence-electron chi connectivity index (χ4n) is 4.55. The normalized spacial score (nSPS) is 14.2. The van der Waals surface area contributed by atoms with Gasteiger partial charge in [0.2, 0.25) is 0 Å². The Bertz CT molecular complexity index is 1360. The highest BCUT2D eigenvalue weighted by Crippen LogP contribution is 2.44. The number of rotatable bonds is 8. The maximum absolute atomic E-state index is 13.2. The minimum absolute atomic E-state index is 0.0615. The van der Waals surface area contributed by atoms with Crippen LogP contribution in [0.2, 0.25) is 5.02 Å². The molecule has 0 bridgehead atoms. The van der Waals surface area contributed by atoms with Crippen molar-refractivity contribution in [2.24, 2.45) is 0 Å². The average molecular weight is 522 g/mol. The van der Waals surface area contributed by atoms with E-state index in [4.69, 9.17) is 21.1 Å². The Balaban J connectivity index is 1.32. The first-order valence-electron chi connectivity index (χ1n) is 12.1. The standard InChI is InChI=1S/C29H28ClNO4S/c1-34-21-9-7-20(8-10-21)29-27(30)24-17-23(25(32)18-26(24)36-29)28(33)19-5-11-22(12-6-19)35-16-15-31-13-3-2-4-14-31/h5-12,17-18,32H,2-4,13-16H2,1H3. The summed E-state index contributed by atoms with van der Waals surface area (Å²) in [6.07, 6.45) is 3.83. The van der Waals surface area contributed by atoms with Gasteiger partial charge >= 0.3 is 0 Å². The quantitative estimate of drug-likeness (QED) is 0.252. The van der Waals surface area contributed by atoms with Crippen LogP contribution in [0, 0.1) is 0 Å². The summed E-state index contributed by atoms with van der Waals surface area (Å²) in [6.45, 7) is 3.81. The Morgan fingerprint density at radius 3 is 2.39 bits per heavy atom. The van der Waals surface area contributed by atoms with Crippen LogP contribution in [0.3, 0.4) is 0 Å². The van der Waals surface area contributed by atoms with Crippen molar-refractivity contribution < 1.29 is 19.4 Å². The third kappa shape index (κ3) is 5.21. The van der Waals surface area contributed by atoms with Crippen molar-refractivity contribution in [1.82, 2.24) is 4.90 Å². The number of hydrogen-bond donors (Lipinski definition) is 1. The zero-order valence-corrected chi connectivity index (χ0v) is 21.7. The van der Waals surface area contributed by atoms with Gasteiger partial charge in [-0.05, 0) is 92.2 Å². The number of carbonyl (C=O) groups excluding carboxylic acids is 1. The number of halogens is 1. The van der Waals surface area contributed by atoms with Gasteiger partial charge in [-0.2, -0.15) is 0 Å². The van der Waals surface area contributed by atoms with Crippen molar-refractivity contribution in [2.75, 3.05) is 33.4 Å². The molecule has 186 valence electrons. The summed E-state index contributed by atoms with van der Waals surface area (Å²) in [7, 11) is 1.62. The Morgan fingerprint density at radius 2 is 1.69 bits per heavy atom. The van der Waals surface area contributed by atoms with Crippen LogP contribution < -0.4 is 9.47 Å². The largest absolute Gasteiger partial charge is 0.507 e. The molecule has 1 saturated heterocycles. The minimum Gasteiger partial charge on any atom is -0.507 e. The van der Waals surface area contributed by atoms with E-state index in [1.165, 1.54) is 30.6 Å². The molecule has 0 radical (unpaired) electrons. The first kappa shape index (κ1) is 24.6. The highest BCUT2D eigenvalue weighted by atomic mass is 35.5. The molecule has 1 aliphatic rings. The molecule has 0 spiro atoms. The minimum atomic E-state index is -0.262. The molecule has 7 heteroatoms. The molecular weight excluding hydrogens is 494 g/mol. The summed E-state index contributed by atoms with van der Waals surface area (Å²) >= 11 is 8.21. The van der Waals surface area contributed by atoms with Gasteiger partial charge in [0.15, 0.2) is 5.78 Å². The zero-order valence-electron chi connectivity index (χ0n) is 20.1. The lowest BCUT2D eigenvalue weighted by molar-refractivity contribution is 0.103. The van der Waals surface area contributed by atoms with Crippen molar-refractivity contribution in [3.63, 3.8) is 0 Å². The summed E-state index contributed by atoms with van der Waals surface area (Å²) in [5.41, 5.74) is 1.65. The Morgan fingerprint density at radius 1 is 1.00 bits per heavy atom. The molecule has 0 amide bonds. The highest BCUT2D eigenvalue weighted by molar-refractivity contribution is 7.23. The van der Waals surface area contributed by atoms with Crippen LogP contribution in [-0.4, -0.2) is 49.1 Å². The molecule has 2 heterocycles. The lowest BCUT2D eigenvalue weighted by Gasteiger charge is -2.26. The number of nitrogens with zero attached hydrogens (tertiary/aromatic N) is 1. The number of phenols is 1. The molecule has 3 aromatic carbocycles. The number of piperidine rings is 1. The van der Waals surface area contributed by atoms with Crippen molar-refractivity contribution >= 4 is 38.8 Å². The number of thiophene rings is 1. The van der Waals surface area contributed by atoms with E-state index in [9.17, 15) is 9.90 Å². The van der Waals surface area contributed by atoms with Gasteiger partial charge in [-0.25, -0.2) is 0 Å². The van der Waals surface area contributed by atoms with Gasteiger partial charge in [-0.3, -0.25) is 9.69 Å². The number of carbonyl (C=O) groups is 1. The van der Waals surface area contributed by atoms with Crippen molar-refractivity contribution in [3.8, 4) is 27.7 Å². The number of aromatic hydroxyl groups is 1. The summed E-state index contributed by atoms with van der Waals surface area (Å²) in [5.74, 6) is 1.17. The van der Waals surface area contributed by atoms with E-state index in [1.807, 2.05) is 24.3 Å². The monoisotopic (exact) mass is 521 g/mol. The summed E-state index contributed by atoms with van der Waals surface area (Å²) < 4.78 is 11.9. The van der Waals surface area contributed by atoms with E-state index in [0.29, 0.717) is 17.2 Å². The molecule has 0 aliphatic carbocycles. The van der Waals surface area contributed by atoms with Gasteiger partial charge in [0.05, 0.1) is 22.6 Å². The summed E-state index contributed by atoms with van der Waals surface area (Å²) in [6, 6.07) is 18.0. The van der Waals surface area contributed by atoms with Gasteiger partial charge in [-0.15, -0.1) is 11.3 Å². The molecule has 0 saturated carbocycles. The van der Waals surface area contributed by atoms with Gasteiger partial charge in [-0.1, -0.05) is 18.0 Å². The lowest BCUT2D eigenvalue weighted by Crippen LogP contribution is -2.33. The maximum Gasteiger partial charge on any atom is 0.196 e. The number of phenolic OH excluding ortho intramolecular Hbond substituents is 1. The van der Waals surface area contributed by atoms with E-state index in [-0.39, 0.29) is 17.1 Å². The topological polar surface area (TPSA) is 59.0 Å². The third-order valence-electron chi connectivity index (χ3n) is 6.58. The molecular formula is C29H28ClNO4S. The molecule has 1 fully saturated rings. The average Bonchev–Trinajstić information content (AvgIpc) is 3.23. The second kappa shape index (κ2) is 10.9. The lowest BCUT2D eigenvalue weighted by atomic mass is 10.0. The van der Waals surface area contributed by atoms with Crippen molar-refractivity contribution in [3.05, 3.63) is 76.8 Å². The molecule has 0 atom stereocenters. The van der Waals surface area contributed by atoms with E-state index in [2.05, 4.69) is 4.90 Å². The van der Waals surface area contributed by atoms with E-state index in [0.717, 1.165) is 51.7 Å². The fourth-order valence-corrected chi connectivity index (χ4v) is 6.10. The molecule has 5 rings (SSSR count). The molecule has 0 unspecified atom stereocenters. The van der Waals surface area contributed by atoms with E-state index < -0.39 is 0 Å². The van der Waals surface area contributed by atoms with Crippen LogP contribution in [0.5, 0.6) is 17.2 Å². The summed E-state index contributed by atoms with van der Waals surface area (Å²) in [5, 5.41) is 12.0. The fraction of sp³-hybridized carbons (Fsp3) is 0.276. The molecule has 5 nitrogen and oxygen atoms in total. The third-order valence-corrected chi connectivity index (χ3v) is 8.29. The van der Waals surface area contributed by atoms with Crippen LogP contribution in [0.25, 0.3) is 20.5 Å². The second-order valence-corrected chi connectivity index (χ2v) is 10.4. The number of hydrogen-bond acceptors (Lipinski definition) is 6. The first-order valence-corrected chi connectivity index (χ1v) is 13.3. The Labute approximate surface area is 219 Å². The maximum atomic E-state index is 13.2. The number of methoxy groups -OCH3 is 1. The number of likely N-dealkylation sites (tertiary alicyclic amines) is 1. The van der Waals surface area contributed by atoms with Gasteiger partial charge in [0.25, 0.3) is 0 Å². The van der Waals surface area contributed by atoms with Crippen LogP contribution in [0.15, 0.2) is 60.7 Å². The van der Waals surface area contributed by atoms with Crippen LogP contribution in [0.4, 0.5) is 0 Å². The van der Waals surface area contributed by atoms with Crippen molar-refractivity contribution in [1.29, 1.82) is 0 Å². The first-order chi connectivity index (χ1) is 17.5. The Hall–Kier alpha value is -3.06. The highest BCUT2D eigenvalue weighted by Gasteiger charge is 2.20. The van der Waals surface area contributed by atoms with Crippen LogP contribution in [-0.2, 0) is 0 Å². The number of fused-ring (bicyclic) bond motifs is 1. The van der Waals surface area contributed by atoms with E-state index >= 15 is 0 Å². The number of benzene rings is 3. The predicted molar refractivity (Wildman–Crippen MR) is 146 cm³/mol. The SMILES string of the molecule is COc1ccc(-c2sc3cc(O)c(C(=O)c4ccc(OCCN5CCCCC5)cc4)cc3c2Cl)cc1. The smallest absolute Gasteiger partial charge is 0.196 e. The zero-order chi connectivity index (χ0) is 25.1. The number of ketones is 1. The molecule has 36 heavy (non-hydrogen) atoms. The Kier molecular flexibility index (Phi) is 7.46. The molecule has 1 aliphatic heterocycles. The molecule has 1 aromatic heterocycles. The predicted octanol–water partition coefficient (Wildman–Crippen LogP) is 7.03. The van der Waals surface area contributed by atoms with Gasteiger partial charge in [0, 0.05) is 22.2 Å². The second-order valence-electron chi connectivity index (χ2n) is 8.94. The number of ether oxygens (including phenoxy) is 2. The summed E-state index contributed by atoms with van der Waals surface area (Å²) in [4.78, 5) is 16.5. The van der Waals surface area contributed by atoms with Crippen LogP contribution in [0.1, 0.15) is 35.2 Å². The van der Waals surface area contributed by atoms with Crippen LogP contribution >= 0.6 is 22.9 Å². The van der Waals surface area contributed by atoms with Crippen molar-refractivity contribution in [2.45, 2.75) is 19.3 Å². The van der Waals surface area contributed by atoms with Gasteiger partial charge in [0.1, 0.15) is 23.9 Å². The molecule has 1 N–H and O–H groups in total. The van der Waals surface area contributed by atoms with E-state index in [1.54, 1.807) is 43.5 Å².